The van der Waals surface area contributed by atoms with E-state index in [1.54, 1.807) is 0 Å². The van der Waals surface area contributed by atoms with Crippen LogP contribution in [0.2, 0.25) is 0 Å². The normalized spacial score (nSPS) is 11.4. The van der Waals surface area contributed by atoms with Crippen LogP contribution in [0.5, 0.6) is 11.5 Å². The molecular formula is C47H37N4OPt+. The van der Waals surface area contributed by atoms with Crippen LogP contribution in [0.4, 0.5) is 0 Å². The quantitative estimate of drug-likeness (QED) is 0.123. The average Bonchev–Trinajstić information content (AvgIpc) is 3.71. The maximum absolute atomic E-state index is 6.53. The summed E-state index contributed by atoms with van der Waals surface area (Å²) in [5.74, 6) is 2.02. The third-order valence-electron chi connectivity index (χ3n) is 9.39. The third kappa shape index (κ3) is 6.58. The molecule has 0 atom stereocenters. The Morgan fingerprint density at radius 1 is 0.642 bits per heavy atom. The first-order valence-corrected chi connectivity index (χ1v) is 17.1. The molecule has 0 N–H and O–H groups in total. The predicted octanol–water partition coefficient (Wildman–Crippen LogP) is 11.0. The van der Waals surface area contributed by atoms with Gasteiger partial charge < -0.3 is 21.3 Å². The van der Waals surface area contributed by atoms with Gasteiger partial charge in [0.25, 0.3) is 6.33 Å². The van der Waals surface area contributed by atoms with Gasteiger partial charge in [-0.2, -0.15) is 18.2 Å². The Labute approximate surface area is 325 Å². The van der Waals surface area contributed by atoms with E-state index in [1.807, 2.05) is 71.4 Å². The largest absolute Gasteiger partial charge is 4.00 e. The average molecular weight is 869 g/mol. The first-order chi connectivity index (χ1) is 24.9. The minimum Gasteiger partial charge on any atom is -0.510 e. The molecule has 260 valence electrons. The summed E-state index contributed by atoms with van der Waals surface area (Å²) >= 11 is 0. The van der Waals surface area contributed by atoms with E-state index in [1.165, 1.54) is 5.56 Å². The fourth-order valence-electron chi connectivity index (χ4n) is 6.79. The van der Waals surface area contributed by atoms with E-state index in [0.29, 0.717) is 11.5 Å². The molecule has 0 saturated heterocycles. The zero-order valence-corrected chi connectivity index (χ0v) is 32.2. The minimum atomic E-state index is -0.0344. The van der Waals surface area contributed by atoms with Crippen molar-refractivity contribution in [3.8, 4) is 39.8 Å². The van der Waals surface area contributed by atoms with Gasteiger partial charge in [0.05, 0.1) is 16.7 Å². The van der Waals surface area contributed by atoms with Gasteiger partial charge in [-0.25, -0.2) is 4.98 Å². The van der Waals surface area contributed by atoms with Gasteiger partial charge in [-0.1, -0.05) is 111 Å². The van der Waals surface area contributed by atoms with Crippen molar-refractivity contribution in [2.24, 2.45) is 0 Å². The molecule has 0 saturated carbocycles. The van der Waals surface area contributed by atoms with Crippen LogP contribution in [-0.4, -0.2) is 14.1 Å². The van der Waals surface area contributed by atoms with Crippen LogP contribution >= 0.6 is 0 Å². The number of imidazole rings is 1. The second kappa shape index (κ2) is 14.3. The number of hydrogen-bond donors (Lipinski definition) is 0. The number of aromatic nitrogens is 4. The Morgan fingerprint density at radius 3 is 2.15 bits per heavy atom. The van der Waals surface area contributed by atoms with Gasteiger partial charge in [-0.05, 0) is 63.5 Å². The minimum absolute atomic E-state index is 0. The molecule has 3 heterocycles. The summed E-state index contributed by atoms with van der Waals surface area (Å²) in [6.45, 7) is 6.68. The Morgan fingerprint density at radius 2 is 1.36 bits per heavy atom. The predicted molar refractivity (Wildman–Crippen MR) is 211 cm³/mol. The van der Waals surface area contributed by atoms with Gasteiger partial charge in [0, 0.05) is 23.2 Å². The van der Waals surface area contributed by atoms with Crippen molar-refractivity contribution in [3.63, 3.8) is 0 Å². The smallest absolute Gasteiger partial charge is 0.510 e. The van der Waals surface area contributed by atoms with E-state index in [9.17, 15) is 0 Å². The number of benzene rings is 6. The zero-order chi connectivity index (χ0) is 34.5. The summed E-state index contributed by atoms with van der Waals surface area (Å²) in [4.78, 5) is 4.89. The molecule has 3 aromatic heterocycles. The summed E-state index contributed by atoms with van der Waals surface area (Å²) in [5, 5.41) is 2.21. The van der Waals surface area contributed by atoms with Crippen molar-refractivity contribution >= 4 is 32.8 Å². The molecule has 53 heavy (non-hydrogen) atoms. The molecule has 0 amide bonds. The Hall–Kier alpha value is -5.77. The van der Waals surface area contributed by atoms with Crippen LogP contribution in [-0.2, 0) is 26.5 Å². The summed E-state index contributed by atoms with van der Waals surface area (Å²) in [6, 6.07) is 57.1. The van der Waals surface area contributed by atoms with Crippen LogP contribution in [0.1, 0.15) is 26.3 Å². The van der Waals surface area contributed by atoms with Crippen LogP contribution in [0.3, 0.4) is 0 Å². The molecule has 9 aromatic rings. The van der Waals surface area contributed by atoms with E-state index < -0.39 is 0 Å². The van der Waals surface area contributed by atoms with Crippen molar-refractivity contribution in [3.05, 3.63) is 183 Å². The van der Waals surface area contributed by atoms with Crippen molar-refractivity contribution in [1.82, 2.24) is 14.1 Å². The van der Waals surface area contributed by atoms with Gasteiger partial charge in [-0.15, -0.1) is 29.7 Å². The van der Waals surface area contributed by atoms with Gasteiger partial charge in [-0.3, -0.25) is 4.57 Å². The summed E-state index contributed by atoms with van der Waals surface area (Å²) < 4.78 is 12.8. The number of para-hydroxylation sites is 3. The maximum Gasteiger partial charge on any atom is 4.00 e. The topological polar surface area (TPSA) is 35.9 Å². The maximum atomic E-state index is 6.53. The Kier molecular flexibility index (Phi) is 9.63. The monoisotopic (exact) mass is 868 g/mol. The molecule has 5 nitrogen and oxygen atoms in total. The molecule has 0 spiro atoms. The van der Waals surface area contributed by atoms with Crippen LogP contribution in [0.15, 0.2) is 152 Å². The molecule has 0 fully saturated rings. The first-order valence-electron chi connectivity index (χ1n) is 17.1. The summed E-state index contributed by atoms with van der Waals surface area (Å²) in [7, 11) is 0. The Balaban J connectivity index is 0.00000218. The third-order valence-corrected chi connectivity index (χ3v) is 9.39. The first kappa shape index (κ1) is 35.6. The molecule has 6 heteroatoms. The number of nitrogens with zero attached hydrogens (tertiary/aromatic N) is 4. The zero-order valence-electron chi connectivity index (χ0n) is 29.9. The number of pyridine rings is 1. The SMILES string of the molecule is CC(C)(C)c1ccnc(-n2c3[c-]c(Oc4[c-]c(-n5[c-][n+](-c6ccccc6)c6ccccc65)ccc4)ccc3c3ccc(-c4ccccc4)cc32)c1.[CH3-].[Pt+4]. The number of rotatable bonds is 6. The molecule has 0 radical (unpaired) electrons. The van der Waals surface area contributed by atoms with E-state index in [2.05, 4.69) is 133 Å². The van der Waals surface area contributed by atoms with E-state index in [0.717, 1.165) is 61.2 Å². The number of hydrogen-bond acceptors (Lipinski definition) is 2. The molecule has 0 unspecified atom stereocenters. The summed E-state index contributed by atoms with van der Waals surface area (Å²) in [6.07, 6.45) is 5.44. The molecule has 0 bridgehead atoms. The van der Waals surface area contributed by atoms with Crippen molar-refractivity contribution in [2.75, 3.05) is 0 Å². The molecule has 0 aliphatic rings. The fourth-order valence-corrected chi connectivity index (χ4v) is 6.79. The second-order valence-corrected chi connectivity index (χ2v) is 13.8. The Bertz CT molecular complexity index is 2710. The van der Waals surface area contributed by atoms with Crippen molar-refractivity contribution in [2.45, 2.75) is 26.2 Å². The van der Waals surface area contributed by atoms with Crippen molar-refractivity contribution in [1.29, 1.82) is 0 Å². The van der Waals surface area contributed by atoms with Crippen LogP contribution < -0.4 is 9.30 Å². The number of fused-ring (bicyclic) bond motifs is 4. The van der Waals surface area contributed by atoms with Gasteiger partial charge in [0.15, 0.2) is 0 Å². The molecule has 9 rings (SSSR count). The fraction of sp³-hybridized carbons (Fsp3) is 0.0851. The van der Waals surface area contributed by atoms with Gasteiger partial charge >= 0.3 is 21.1 Å². The number of ether oxygens (including phenoxy) is 1. The standard InChI is InChI=1S/C46H34N4O.CH3.Pt/c1-46(2,3)34-25-26-47-45(28-34)50-43-27-33(32-13-6-4-7-14-32)21-23-39(43)40-24-22-38(30-44(40)50)51-37-18-12-17-36(29-37)49-31-48(35-15-8-5-9-16-35)41-19-10-11-20-42(41)49;;/h4-28H,1-3H3;1H3;/q-2;-1;+4. The van der Waals surface area contributed by atoms with Gasteiger partial charge in [0.2, 0.25) is 0 Å². The molecule has 6 aromatic carbocycles. The van der Waals surface area contributed by atoms with E-state index in [-0.39, 0.29) is 33.9 Å². The molecule has 0 aliphatic heterocycles. The molecular weight excluding hydrogens is 832 g/mol. The molecule has 0 aliphatic carbocycles. The van der Waals surface area contributed by atoms with Crippen LogP contribution in [0.25, 0.3) is 61.2 Å². The van der Waals surface area contributed by atoms with E-state index in [4.69, 9.17) is 9.72 Å². The van der Waals surface area contributed by atoms with Crippen LogP contribution in [0, 0.1) is 25.9 Å². The summed E-state index contributed by atoms with van der Waals surface area (Å²) in [5.41, 5.74) is 9.38. The van der Waals surface area contributed by atoms with E-state index >= 15 is 0 Å². The van der Waals surface area contributed by atoms with Gasteiger partial charge in [0.1, 0.15) is 5.82 Å². The van der Waals surface area contributed by atoms with Crippen molar-refractivity contribution < 1.29 is 30.4 Å². The second-order valence-electron chi connectivity index (χ2n) is 13.8.